The zero-order chi connectivity index (χ0) is 21.2. The number of hydrogen-bond acceptors (Lipinski definition) is 6. The van der Waals surface area contributed by atoms with Gasteiger partial charge in [-0.2, -0.15) is 4.57 Å². The van der Waals surface area contributed by atoms with Gasteiger partial charge in [0.15, 0.2) is 11.3 Å². The Hall–Kier alpha value is -3.32. The monoisotopic (exact) mass is 431 g/mol. The lowest BCUT2D eigenvalue weighted by atomic mass is 9.86. The molecule has 31 heavy (non-hydrogen) atoms. The van der Waals surface area contributed by atoms with E-state index in [0.29, 0.717) is 30.3 Å². The van der Waals surface area contributed by atoms with E-state index in [-0.39, 0.29) is 5.92 Å². The fourth-order valence-corrected chi connectivity index (χ4v) is 4.95. The highest BCUT2D eigenvalue weighted by molar-refractivity contribution is 7.22. The molecule has 4 aromatic rings. The molecule has 0 saturated heterocycles. The fraction of sp³-hybridized carbons (Fsp3) is 0.250. The Morgan fingerprint density at radius 2 is 2.00 bits per heavy atom. The van der Waals surface area contributed by atoms with Gasteiger partial charge in [-0.25, -0.2) is 9.97 Å². The van der Waals surface area contributed by atoms with Crippen LogP contribution in [0.2, 0.25) is 0 Å². The number of carbonyl (C=O) groups excluding carboxylic acids is 1. The predicted octanol–water partition coefficient (Wildman–Crippen LogP) is 5.28. The Balaban J connectivity index is 1.34. The molecule has 156 valence electrons. The number of Topliss-reactive ketones (excluding diaryl/α,β-unsaturated/α-hetero) is 1. The van der Waals surface area contributed by atoms with Crippen molar-refractivity contribution in [2.75, 3.05) is 5.32 Å². The summed E-state index contributed by atoms with van der Waals surface area (Å²) in [7, 11) is 1.98. The van der Waals surface area contributed by atoms with Crippen LogP contribution in [-0.2, 0) is 11.8 Å². The van der Waals surface area contributed by atoms with Gasteiger partial charge in [-0.3, -0.25) is 4.79 Å². The lowest BCUT2D eigenvalue weighted by molar-refractivity contribution is -0.681. The molecule has 1 atom stereocenters. The van der Waals surface area contributed by atoms with E-state index in [1.54, 1.807) is 17.5 Å². The summed E-state index contributed by atoms with van der Waals surface area (Å²) in [5.41, 5.74) is 2.91. The van der Waals surface area contributed by atoms with Crippen LogP contribution in [0.15, 0.2) is 60.9 Å². The Bertz CT molecular complexity index is 1200. The summed E-state index contributed by atoms with van der Waals surface area (Å²) in [6.45, 7) is 0. The van der Waals surface area contributed by atoms with Gasteiger partial charge in [0.2, 0.25) is 5.69 Å². The van der Waals surface area contributed by atoms with Crippen molar-refractivity contribution < 1.29 is 14.1 Å². The van der Waals surface area contributed by atoms with E-state index < -0.39 is 0 Å². The first-order valence-electron chi connectivity index (χ1n) is 10.4. The number of fused-ring (bicyclic) bond motifs is 1. The molecule has 1 N–H and O–H groups in total. The summed E-state index contributed by atoms with van der Waals surface area (Å²) < 4.78 is 9.32. The number of aryl methyl sites for hydroxylation is 1. The van der Waals surface area contributed by atoms with Gasteiger partial charge in [-0.05, 0) is 49.2 Å². The number of ketones is 1. The Morgan fingerprint density at radius 1 is 1.16 bits per heavy atom. The number of nitrogens with zero attached hydrogens (tertiary/aromatic N) is 3. The van der Waals surface area contributed by atoms with Crippen molar-refractivity contribution in [3.8, 4) is 11.6 Å². The third-order valence-corrected chi connectivity index (χ3v) is 6.52. The van der Waals surface area contributed by atoms with Crippen molar-refractivity contribution in [3.63, 3.8) is 0 Å². The molecule has 2 aromatic carbocycles. The Labute approximate surface area is 184 Å². The molecule has 1 saturated carbocycles. The molecular weight excluding hydrogens is 408 g/mol. The Morgan fingerprint density at radius 3 is 2.81 bits per heavy atom. The molecule has 0 spiro atoms. The van der Waals surface area contributed by atoms with Crippen molar-refractivity contribution in [3.05, 3.63) is 66.6 Å². The number of benzene rings is 2. The van der Waals surface area contributed by atoms with Crippen LogP contribution in [0, 0.1) is 0 Å². The lowest BCUT2D eigenvalue weighted by Crippen LogP contribution is -2.37. The summed E-state index contributed by atoms with van der Waals surface area (Å²) >= 11 is 1.62. The number of aromatic nitrogens is 3. The zero-order valence-corrected chi connectivity index (χ0v) is 18.1. The van der Waals surface area contributed by atoms with Gasteiger partial charge in [-0.15, -0.1) is 0 Å². The molecule has 6 nitrogen and oxygen atoms in total. The minimum absolute atomic E-state index is 0.148. The molecule has 1 aliphatic rings. The second-order valence-electron chi connectivity index (χ2n) is 7.80. The number of anilines is 2. The highest BCUT2D eigenvalue weighted by Gasteiger charge is 2.31. The van der Waals surface area contributed by atoms with E-state index >= 15 is 0 Å². The van der Waals surface area contributed by atoms with Crippen LogP contribution in [0.4, 0.5) is 10.8 Å². The van der Waals surface area contributed by atoms with E-state index in [0.717, 1.165) is 39.6 Å². The van der Waals surface area contributed by atoms with E-state index in [9.17, 15) is 4.79 Å². The second kappa shape index (κ2) is 8.43. The molecule has 0 aliphatic heterocycles. The molecule has 0 amide bonds. The number of ether oxygens (including phenoxy) is 1. The topological polar surface area (TPSA) is 68.0 Å². The van der Waals surface area contributed by atoms with Gasteiger partial charge < -0.3 is 10.1 Å². The first-order chi connectivity index (χ1) is 15.2. The first-order valence-corrected chi connectivity index (χ1v) is 11.2. The molecule has 5 rings (SSSR count). The quantitative estimate of drug-likeness (QED) is 0.436. The molecule has 0 unspecified atom stereocenters. The zero-order valence-electron chi connectivity index (χ0n) is 17.2. The molecular formula is C24H23N4O2S+. The minimum atomic E-state index is 0.148. The van der Waals surface area contributed by atoms with Gasteiger partial charge in [0, 0.05) is 18.5 Å². The molecule has 0 radical (unpaired) electrons. The van der Waals surface area contributed by atoms with Crippen molar-refractivity contribution in [1.82, 2.24) is 9.97 Å². The van der Waals surface area contributed by atoms with Gasteiger partial charge in [0.05, 0.1) is 22.3 Å². The molecule has 7 heteroatoms. The second-order valence-corrected chi connectivity index (χ2v) is 8.83. The molecule has 2 aromatic heterocycles. The van der Waals surface area contributed by atoms with Crippen LogP contribution in [-0.4, -0.2) is 15.8 Å². The average molecular weight is 432 g/mol. The maximum atomic E-state index is 12.0. The van der Waals surface area contributed by atoms with Crippen LogP contribution in [0.3, 0.4) is 0 Å². The van der Waals surface area contributed by atoms with Gasteiger partial charge in [0.25, 0.3) is 5.88 Å². The highest BCUT2D eigenvalue weighted by atomic mass is 32.1. The number of thiazole rings is 1. The van der Waals surface area contributed by atoms with Gasteiger partial charge >= 0.3 is 0 Å². The minimum Gasteiger partial charge on any atom is -0.434 e. The largest absolute Gasteiger partial charge is 0.434 e. The summed E-state index contributed by atoms with van der Waals surface area (Å²) in [6.07, 6.45) is 6.77. The van der Waals surface area contributed by atoms with E-state index in [1.165, 1.54) is 0 Å². The fourth-order valence-electron chi connectivity index (χ4n) is 4.06. The molecule has 1 aliphatic carbocycles. The predicted molar refractivity (Wildman–Crippen MR) is 121 cm³/mol. The summed E-state index contributed by atoms with van der Waals surface area (Å²) in [4.78, 5) is 21.1. The number of nitrogens with one attached hydrogen (secondary N) is 1. The summed E-state index contributed by atoms with van der Waals surface area (Å²) in [5.74, 6) is 1.74. The summed E-state index contributed by atoms with van der Waals surface area (Å²) in [6, 6.07) is 15.9. The van der Waals surface area contributed by atoms with Crippen LogP contribution in [0.25, 0.3) is 10.2 Å². The van der Waals surface area contributed by atoms with Crippen molar-refractivity contribution in [2.24, 2.45) is 7.05 Å². The van der Waals surface area contributed by atoms with Crippen molar-refractivity contribution in [2.45, 2.75) is 31.6 Å². The van der Waals surface area contributed by atoms with Gasteiger partial charge in [-0.1, -0.05) is 23.5 Å². The number of para-hydroxylation sites is 1. The molecule has 2 heterocycles. The van der Waals surface area contributed by atoms with E-state index in [4.69, 9.17) is 4.74 Å². The summed E-state index contributed by atoms with van der Waals surface area (Å²) in [5, 5.41) is 4.21. The van der Waals surface area contributed by atoms with Crippen LogP contribution < -0.4 is 14.6 Å². The van der Waals surface area contributed by atoms with Crippen LogP contribution in [0.5, 0.6) is 11.6 Å². The van der Waals surface area contributed by atoms with Crippen LogP contribution in [0.1, 0.15) is 37.3 Å². The number of hydrogen-bond donors (Lipinski definition) is 1. The number of carbonyl (C=O) groups is 1. The Kier molecular flexibility index (Phi) is 5.34. The average Bonchev–Trinajstić information content (AvgIpc) is 3.17. The number of rotatable bonds is 5. The van der Waals surface area contributed by atoms with Crippen molar-refractivity contribution in [1.29, 1.82) is 0 Å². The molecule has 0 bridgehead atoms. The van der Waals surface area contributed by atoms with E-state index in [2.05, 4.69) is 21.4 Å². The standard InChI is InChI=1S/C24H23N4O2S/c1-28-14-13-25-23(22(28)16-5-4-6-18(29)15-16)30-19-11-9-17(10-12-19)26-24-27-20-7-2-3-8-21(20)31-24/h2-3,7-14,16H,4-6,15H2,1H3,(H,26,27)/q+1/t16-/m1/s1. The first kappa shape index (κ1) is 19.6. The third-order valence-electron chi connectivity index (χ3n) is 5.56. The third kappa shape index (κ3) is 4.27. The SMILES string of the molecule is C[n+]1ccnc(Oc2ccc(Nc3nc4ccccc4s3)cc2)c1[C@@H]1CCCC(=O)C1. The smallest absolute Gasteiger partial charge is 0.289 e. The molecule has 1 fully saturated rings. The van der Waals surface area contributed by atoms with Crippen LogP contribution >= 0.6 is 11.3 Å². The van der Waals surface area contributed by atoms with Crippen molar-refractivity contribution >= 4 is 38.2 Å². The highest BCUT2D eigenvalue weighted by Crippen LogP contribution is 2.35. The maximum absolute atomic E-state index is 12.0. The van der Waals surface area contributed by atoms with Gasteiger partial charge in [0.1, 0.15) is 18.6 Å². The lowest BCUT2D eigenvalue weighted by Gasteiger charge is -2.20. The van der Waals surface area contributed by atoms with E-state index in [1.807, 2.05) is 60.3 Å². The maximum Gasteiger partial charge on any atom is 0.289 e. The normalized spacial score (nSPS) is 16.4.